The van der Waals surface area contributed by atoms with Gasteiger partial charge in [-0.3, -0.25) is 86.9 Å². The lowest BCUT2D eigenvalue weighted by molar-refractivity contribution is -0.138. The van der Waals surface area contributed by atoms with Gasteiger partial charge in [0.05, 0.1) is 43.9 Å². The summed E-state index contributed by atoms with van der Waals surface area (Å²) in [6.07, 6.45) is -2.15. The van der Waals surface area contributed by atoms with E-state index in [1.807, 2.05) is 0 Å². The van der Waals surface area contributed by atoms with Crippen LogP contribution in [0.5, 0.6) is 0 Å². The molecule has 0 aliphatic rings. The maximum Gasteiger partial charge on any atom is 0.245 e. The summed E-state index contributed by atoms with van der Waals surface area (Å²) in [4.78, 5) is 256. The van der Waals surface area contributed by atoms with Gasteiger partial charge in [-0.25, -0.2) is 10.9 Å². The first-order valence-electron chi connectivity index (χ1n) is 46.8. The van der Waals surface area contributed by atoms with Crippen LogP contribution in [0, 0.1) is 5.41 Å². The number of nitrogens with one attached hydrogen (secondary N) is 20. The second-order valence-electron chi connectivity index (χ2n) is 33.9. The Balaban J connectivity index is 1.45. The van der Waals surface area contributed by atoms with Gasteiger partial charge >= 0.3 is 0 Å². The van der Waals surface area contributed by atoms with Crippen LogP contribution in [0.1, 0.15) is 127 Å². The van der Waals surface area contributed by atoms with Crippen LogP contribution in [-0.4, -0.2) is 305 Å². The lowest BCUT2D eigenvalue weighted by atomic mass is 10.00. The second kappa shape index (κ2) is 64.8. The van der Waals surface area contributed by atoms with E-state index in [9.17, 15) is 82.4 Å². The third-order valence-electron chi connectivity index (χ3n) is 22.5. The highest BCUT2D eigenvalue weighted by Gasteiger charge is 2.41. The Bertz CT molecular complexity index is 4960. The summed E-state index contributed by atoms with van der Waals surface area (Å²) >= 11 is 12.5. The lowest BCUT2D eigenvalue weighted by Crippen LogP contribution is -2.63. The molecule has 0 radical (unpaired) electrons. The summed E-state index contributed by atoms with van der Waals surface area (Å²) in [5.74, 6) is -17.8. The van der Waals surface area contributed by atoms with Gasteiger partial charge < -0.3 is 139 Å². The van der Waals surface area contributed by atoms with Gasteiger partial charge in [-0.2, -0.15) is 37.9 Å². The van der Waals surface area contributed by atoms with Crippen LogP contribution in [0.2, 0.25) is 0 Å². The van der Waals surface area contributed by atoms with Crippen LogP contribution in [-0.2, 0) is 112 Å². The average molecular weight is 2040 g/mol. The second-order valence-corrected chi connectivity index (χ2v) is 35.0. The smallest absolute Gasteiger partial charge is 0.245 e. The summed E-state index contributed by atoms with van der Waals surface area (Å²) < 4.78 is 0. The maximum absolute atomic E-state index is 15.6. The summed E-state index contributed by atoms with van der Waals surface area (Å²) in [7, 11) is 0. The van der Waals surface area contributed by atoms with Crippen LogP contribution in [0.3, 0.4) is 0 Å². The fourth-order valence-corrected chi connectivity index (χ4v) is 15.3. The van der Waals surface area contributed by atoms with Crippen molar-refractivity contribution in [3.63, 3.8) is 0 Å². The van der Waals surface area contributed by atoms with Crippen molar-refractivity contribution in [2.24, 2.45) is 28.7 Å². The number of carbonyl (C=O) groups is 18. The number of guanidine groups is 1. The molecule has 0 aliphatic heterocycles. The Hall–Kier alpha value is -12.6. The predicted octanol–water partition coefficient (Wildman–Crippen LogP) is -6.91. The first-order chi connectivity index (χ1) is 67.9. The molecule has 5 aromatic rings. The number of thiol groups is 3. The fraction of sp³-hybridized carbons (Fsp3) is 0.516. The molecule has 1 heterocycles. The number of hydrogen-bond donors (Lipinski definition) is 31. The number of H-pyrrole nitrogens is 1. The summed E-state index contributed by atoms with van der Waals surface area (Å²) in [6.45, 7) is 4.55. The number of carbonyl (C=O) groups excluding carboxylic acids is 18. The number of aliphatic hydroxyl groups is 3. The number of fused-ring (bicyclic) bond motifs is 1. The van der Waals surface area contributed by atoms with E-state index in [-0.39, 0.29) is 126 Å². The maximum atomic E-state index is 15.6. The first kappa shape index (κ1) is 120. The number of benzene rings is 4. The zero-order chi connectivity index (χ0) is 105. The fourth-order valence-electron chi connectivity index (χ4n) is 14.6. The van der Waals surface area contributed by atoms with Crippen molar-refractivity contribution in [3.05, 3.63) is 144 Å². The van der Waals surface area contributed by atoms with Crippen LogP contribution < -0.4 is 125 Å². The van der Waals surface area contributed by atoms with Gasteiger partial charge in [0, 0.05) is 66.6 Å². The van der Waals surface area contributed by atoms with Crippen LogP contribution in [0.25, 0.3) is 10.9 Å². The number of hydrogen-bond acceptors (Lipinski definition) is 31. The van der Waals surface area contributed by atoms with Crippen LogP contribution >= 0.6 is 37.9 Å². The third kappa shape index (κ3) is 41.9. The molecule has 142 heavy (non-hydrogen) atoms. The number of nitrogens with two attached hydrogens (primary N) is 5. The van der Waals surface area contributed by atoms with E-state index in [0.29, 0.717) is 65.3 Å². The molecule has 0 bridgehead atoms. The minimum Gasteiger partial charge on any atom is -0.394 e. The monoisotopic (exact) mass is 2040 g/mol. The Morgan fingerprint density at radius 1 is 0.401 bits per heavy atom. The van der Waals surface area contributed by atoms with E-state index in [2.05, 4.69) is 139 Å². The highest BCUT2D eigenvalue weighted by molar-refractivity contribution is 7.80. The average Bonchev–Trinajstić information content (AvgIpc) is 1.71. The third-order valence-corrected chi connectivity index (χ3v) is 23.6. The number of unbranched alkanes of at least 4 members (excludes halogenated alkanes) is 3. The summed E-state index contributed by atoms with van der Waals surface area (Å²) in [5.41, 5.74) is 37.0. The van der Waals surface area contributed by atoms with E-state index in [4.69, 9.17) is 34.1 Å². The number of rotatable bonds is 69. The number of ketones is 2. The summed E-state index contributed by atoms with van der Waals surface area (Å²) in [5, 5.41) is 81.5. The molecule has 46 nitrogen and oxygen atoms in total. The molecule has 49 heteroatoms. The van der Waals surface area contributed by atoms with E-state index in [1.165, 1.54) is 6.92 Å². The molecule has 15 amide bonds. The Morgan fingerprint density at radius 2 is 0.768 bits per heavy atom. The number of aliphatic hydroxyl groups excluding tert-OH is 3. The van der Waals surface area contributed by atoms with Crippen molar-refractivity contribution in [3.8, 4) is 0 Å². The Labute approximate surface area is 839 Å². The number of primary amides is 1. The van der Waals surface area contributed by atoms with E-state index >= 15 is 19.2 Å². The number of aromatic nitrogens is 1. The van der Waals surface area contributed by atoms with Crippen molar-refractivity contribution >= 4 is 161 Å². The molecule has 780 valence electrons. The number of likely N-dealkylation sites (N-methyl/N-ethyl adjacent to an activating group) is 1. The van der Waals surface area contributed by atoms with Gasteiger partial charge in [0.25, 0.3) is 0 Å². The normalized spacial score (nSPS) is 15.0. The molecule has 0 fully saturated rings. The van der Waals surface area contributed by atoms with Crippen LogP contribution in [0.15, 0.2) is 121 Å². The van der Waals surface area contributed by atoms with E-state index in [1.54, 1.807) is 128 Å². The number of para-hydroxylation sites is 1. The van der Waals surface area contributed by atoms with Gasteiger partial charge in [0.1, 0.15) is 90.9 Å². The number of Topliss-reactive ketones (excluding diaryl/α,β-unsaturated/α-hetero) is 2. The molecule has 5 rings (SSSR count). The molecule has 1 aromatic heterocycles. The first-order valence-corrected chi connectivity index (χ1v) is 48.7. The molecular weight excluding hydrogens is 1900 g/mol. The number of aromatic amines is 1. The molecule has 0 saturated carbocycles. The highest BCUT2D eigenvalue weighted by Crippen LogP contribution is 2.21. The van der Waals surface area contributed by atoms with Crippen molar-refractivity contribution in [2.45, 2.75) is 239 Å². The largest absolute Gasteiger partial charge is 0.394 e. The number of hydrazine groups is 1. The molecule has 0 saturated heterocycles. The van der Waals surface area contributed by atoms with Crippen molar-refractivity contribution < 1.29 is 102 Å². The van der Waals surface area contributed by atoms with Gasteiger partial charge in [-0.05, 0) is 146 Å². The SMILES string of the molecule is CCN[C@@H](CS)C(=O)C(=O)CNC(=O)C(C)NC(=O)[C@H](CCCCN)NC(=O)C(CCCNC(=N)N)NNC(CS)C(=O)N[C@@H](CCCCN)C(=O)NC(CC(N)=O)C(=O)N[C@@H](Cc1ccccc1)C(=O)NC(Cc1ccccc1)C(=O)N[C@@H](Cc1c[nH]c2ccccc12)C(=O)NC(CCCCN)C(=O)N[C@H](C(=O)NC(Cc1ccccc1)C(=O)N[C@H](C(=O)NC(CO)C(=O)N[C@H](C=O)CS)[C@@H](C)O)[C@@H](C)O. The predicted molar refractivity (Wildman–Crippen MR) is 537 cm³/mol. The molecule has 8 unspecified atom stereocenters. The zero-order valence-corrected chi connectivity index (χ0v) is 82.5. The molecule has 4 aromatic carbocycles. The standard InChI is InChI=1S/C93H139N25O21S3/c1-5-100-72(50-141)78(125)74(123)46-103-79(126)52(2)104-80(127)62(32-17-20-36-94)106-83(130)65(35-23-39-101-93(98)99)117-118-73(51-142)90(137)108-63(33-18-21-37-95)81(128)112-70(44-75(97)124)87(134)110-66(40-55-24-9-6-10-25-55)84(131)109-67(41-56-26-11-7-12-27-56)85(132)111-69(43-58-45-102-61-31-16-15-30-60(58)61)86(133)107-64(34-19-22-38-96)82(129)115-76(53(3)121)91(138)113-68(42-57-28-13-8-14-29-57)88(135)116-77(54(4)122)92(139)114-71(48-120)89(136)105-59(47-119)49-140/h6-16,24-31,45,47,52-54,59,62-73,76-77,100,102,117-118,120-122,140-142H,5,17-23,32-44,46,48-51,94-96H2,1-4H3,(H2,97,124)(H,103,126)(H,104,127)(H,105,136)(H,106,130)(H,107,133)(H,108,137)(H,109,131)(H,110,134)(H,111,132)(H,112,128)(H,113,138)(H,114,139)(H,115,129)(H,116,135)(H4,98,99,101)/t52?,53-,54-,59-,62+,63+,64?,65?,66+,67?,68?,69+,70?,71?,72+,73?,76+,77+/m1/s1. The van der Waals surface area contributed by atoms with Crippen molar-refractivity contribution in [1.29, 1.82) is 5.41 Å². The van der Waals surface area contributed by atoms with Crippen LogP contribution in [0.4, 0.5) is 0 Å². The van der Waals surface area contributed by atoms with E-state index in [0.717, 1.165) is 13.8 Å². The van der Waals surface area contributed by atoms with Gasteiger partial charge in [0.2, 0.25) is 100 Å². The van der Waals surface area contributed by atoms with Crippen molar-refractivity contribution in [2.75, 3.05) is 63.1 Å². The minimum absolute atomic E-state index is 0.0122. The zero-order valence-electron chi connectivity index (χ0n) is 79.8. The minimum atomic E-state index is -1.92. The Morgan fingerprint density at radius 3 is 1.19 bits per heavy atom. The Kier molecular flexibility index (Phi) is 54.7. The topological polar surface area (TPSA) is 754 Å². The molecule has 0 aliphatic carbocycles. The molecule has 33 N–H and O–H groups in total. The van der Waals surface area contributed by atoms with E-state index < -0.39 is 229 Å². The van der Waals surface area contributed by atoms with Crippen molar-refractivity contribution in [1.82, 2.24) is 101 Å². The van der Waals surface area contributed by atoms with Gasteiger partial charge in [-0.1, -0.05) is 116 Å². The van der Waals surface area contributed by atoms with Gasteiger partial charge in [0.15, 0.2) is 5.96 Å². The number of amides is 15. The molecule has 0 spiro atoms. The lowest BCUT2D eigenvalue weighted by Gasteiger charge is -2.29. The van der Waals surface area contributed by atoms with Gasteiger partial charge in [-0.15, -0.1) is 0 Å². The molecular formula is C93H139N25O21S3. The summed E-state index contributed by atoms with van der Waals surface area (Å²) in [6, 6.07) is 7.17. The number of aldehydes is 1. The quantitative estimate of drug-likeness (QED) is 0.00327. The highest BCUT2D eigenvalue weighted by atomic mass is 32.1. The molecule has 18 atom stereocenters.